The zero-order valence-corrected chi connectivity index (χ0v) is 7.33. The van der Waals surface area contributed by atoms with Crippen molar-refractivity contribution < 1.29 is 0 Å². The Balaban J connectivity index is 1.93. The van der Waals surface area contributed by atoms with Gasteiger partial charge < -0.3 is 0 Å². The van der Waals surface area contributed by atoms with Crippen molar-refractivity contribution in [2.75, 3.05) is 5.75 Å². The monoisotopic (exact) mass is 156 g/mol. The largest absolute Gasteiger partial charge is 0.158 e. The molecule has 0 spiro atoms. The van der Waals surface area contributed by atoms with Crippen LogP contribution in [0.25, 0.3) is 0 Å². The Labute approximate surface area is 67.8 Å². The third kappa shape index (κ3) is 1.34. The lowest BCUT2D eigenvalue weighted by Gasteiger charge is -2.34. The van der Waals surface area contributed by atoms with Gasteiger partial charge in [-0.3, -0.25) is 0 Å². The molecule has 1 aliphatic heterocycles. The molecule has 0 aromatic carbocycles. The lowest BCUT2D eigenvalue weighted by Crippen LogP contribution is -2.25. The molecule has 0 nitrogen and oxygen atoms in total. The summed E-state index contributed by atoms with van der Waals surface area (Å²) in [6.45, 7) is 0. The molecule has 1 saturated carbocycles. The Hall–Kier alpha value is 0.350. The predicted molar refractivity (Wildman–Crippen MR) is 47.4 cm³/mol. The van der Waals surface area contributed by atoms with E-state index in [9.17, 15) is 0 Å². The molecule has 0 aromatic rings. The molecule has 2 unspecified atom stereocenters. The van der Waals surface area contributed by atoms with Gasteiger partial charge in [0.15, 0.2) is 0 Å². The van der Waals surface area contributed by atoms with E-state index in [2.05, 4.69) is 11.8 Å². The highest BCUT2D eigenvalue weighted by atomic mass is 32.2. The molecule has 0 radical (unpaired) electrons. The van der Waals surface area contributed by atoms with Crippen LogP contribution in [0, 0.1) is 5.92 Å². The van der Waals surface area contributed by atoms with Gasteiger partial charge in [-0.1, -0.05) is 12.8 Å². The van der Waals surface area contributed by atoms with Gasteiger partial charge in [-0.2, -0.15) is 11.8 Å². The molecule has 1 heteroatoms. The number of hydrogen-bond acceptors (Lipinski definition) is 1. The molecule has 0 amide bonds. The molecule has 10 heavy (non-hydrogen) atoms. The van der Waals surface area contributed by atoms with Gasteiger partial charge in [-0.05, 0) is 37.4 Å². The Morgan fingerprint density at radius 3 is 2.60 bits per heavy atom. The maximum atomic E-state index is 2.25. The van der Waals surface area contributed by atoms with Crippen molar-refractivity contribution in [2.45, 2.75) is 43.8 Å². The Morgan fingerprint density at radius 2 is 1.70 bits per heavy atom. The lowest BCUT2D eigenvalue weighted by molar-refractivity contribution is 0.340. The fourth-order valence-electron chi connectivity index (χ4n) is 2.30. The van der Waals surface area contributed by atoms with Gasteiger partial charge in [0.05, 0.1) is 0 Å². The maximum Gasteiger partial charge on any atom is 0.00753 e. The van der Waals surface area contributed by atoms with Crippen LogP contribution >= 0.6 is 11.8 Å². The molecular weight excluding hydrogens is 140 g/mol. The van der Waals surface area contributed by atoms with Crippen LogP contribution in [0.3, 0.4) is 0 Å². The predicted octanol–water partition coefficient (Wildman–Crippen LogP) is 3.07. The minimum absolute atomic E-state index is 1.07. The van der Waals surface area contributed by atoms with Crippen LogP contribution in [0.4, 0.5) is 0 Å². The molecule has 0 aromatic heterocycles. The second-order valence-electron chi connectivity index (χ2n) is 3.60. The van der Waals surface area contributed by atoms with Gasteiger partial charge in [0.25, 0.3) is 0 Å². The summed E-state index contributed by atoms with van der Waals surface area (Å²) in [6, 6.07) is 0. The van der Waals surface area contributed by atoms with Gasteiger partial charge in [0, 0.05) is 5.25 Å². The highest BCUT2D eigenvalue weighted by Crippen LogP contribution is 2.39. The molecule has 2 rings (SSSR count). The maximum absolute atomic E-state index is 2.25. The highest BCUT2D eigenvalue weighted by molar-refractivity contribution is 7.99. The summed E-state index contributed by atoms with van der Waals surface area (Å²) in [7, 11) is 0. The van der Waals surface area contributed by atoms with E-state index in [0.29, 0.717) is 0 Å². The minimum Gasteiger partial charge on any atom is -0.158 e. The van der Waals surface area contributed by atoms with E-state index < -0.39 is 0 Å². The number of rotatable bonds is 0. The lowest BCUT2D eigenvalue weighted by atomic mass is 9.85. The smallest absolute Gasteiger partial charge is 0.00753 e. The van der Waals surface area contributed by atoms with Gasteiger partial charge in [0.1, 0.15) is 0 Å². The van der Waals surface area contributed by atoms with Crippen LogP contribution in [0.5, 0.6) is 0 Å². The van der Waals surface area contributed by atoms with E-state index >= 15 is 0 Å². The summed E-state index contributed by atoms with van der Waals surface area (Å²) in [4.78, 5) is 0. The molecular formula is C9H16S. The zero-order chi connectivity index (χ0) is 6.81. The van der Waals surface area contributed by atoms with E-state index in [4.69, 9.17) is 0 Å². The van der Waals surface area contributed by atoms with E-state index in [1.54, 1.807) is 0 Å². The molecule has 2 atom stereocenters. The van der Waals surface area contributed by atoms with Crippen molar-refractivity contribution in [2.24, 2.45) is 5.92 Å². The zero-order valence-electron chi connectivity index (χ0n) is 6.51. The Morgan fingerprint density at radius 1 is 0.900 bits per heavy atom. The summed E-state index contributed by atoms with van der Waals surface area (Å²) in [5, 5.41) is 1.07. The van der Waals surface area contributed by atoms with Crippen LogP contribution in [0.1, 0.15) is 38.5 Å². The molecule has 58 valence electrons. The molecule has 0 bridgehead atoms. The Bertz CT molecular complexity index is 85.3. The van der Waals surface area contributed by atoms with Crippen molar-refractivity contribution in [1.29, 1.82) is 0 Å². The van der Waals surface area contributed by atoms with Crippen molar-refractivity contribution in [3.8, 4) is 0 Å². The second kappa shape index (κ2) is 3.17. The third-order valence-corrected chi connectivity index (χ3v) is 4.46. The average Bonchev–Trinajstić information content (AvgIpc) is 2.05. The molecule has 1 heterocycles. The van der Waals surface area contributed by atoms with E-state index in [1.165, 1.54) is 44.3 Å². The van der Waals surface area contributed by atoms with Crippen LogP contribution in [-0.2, 0) is 0 Å². The summed E-state index contributed by atoms with van der Waals surface area (Å²) in [5.41, 5.74) is 0. The van der Waals surface area contributed by atoms with Crippen molar-refractivity contribution in [3.63, 3.8) is 0 Å². The first-order valence-electron chi connectivity index (χ1n) is 4.58. The summed E-state index contributed by atoms with van der Waals surface area (Å²) in [6.07, 6.45) is 9.12. The van der Waals surface area contributed by atoms with Crippen LogP contribution in [-0.4, -0.2) is 11.0 Å². The first-order chi connectivity index (χ1) is 4.97. The van der Waals surface area contributed by atoms with Gasteiger partial charge >= 0.3 is 0 Å². The quantitative estimate of drug-likeness (QED) is 0.519. The SMILES string of the molecule is C1CCC2SCCCC2C1. The van der Waals surface area contributed by atoms with E-state index in [0.717, 1.165) is 11.2 Å². The normalized spacial score (nSPS) is 40.8. The van der Waals surface area contributed by atoms with Crippen molar-refractivity contribution in [1.82, 2.24) is 0 Å². The Kier molecular flexibility index (Phi) is 2.22. The summed E-state index contributed by atoms with van der Waals surface area (Å²) in [5.74, 6) is 2.56. The van der Waals surface area contributed by atoms with Crippen LogP contribution in [0.2, 0.25) is 0 Å². The van der Waals surface area contributed by atoms with Gasteiger partial charge in [0.2, 0.25) is 0 Å². The topological polar surface area (TPSA) is 0 Å². The summed E-state index contributed by atoms with van der Waals surface area (Å²) >= 11 is 2.25. The van der Waals surface area contributed by atoms with Gasteiger partial charge in [-0.25, -0.2) is 0 Å². The molecule has 2 fully saturated rings. The molecule has 1 saturated heterocycles. The first kappa shape index (κ1) is 7.02. The van der Waals surface area contributed by atoms with Crippen molar-refractivity contribution in [3.05, 3.63) is 0 Å². The van der Waals surface area contributed by atoms with Crippen LogP contribution in [0.15, 0.2) is 0 Å². The number of fused-ring (bicyclic) bond motifs is 1. The van der Waals surface area contributed by atoms with Crippen LogP contribution < -0.4 is 0 Å². The highest BCUT2D eigenvalue weighted by Gasteiger charge is 2.27. The first-order valence-corrected chi connectivity index (χ1v) is 5.63. The standard InChI is InChI=1S/C9H16S/c1-2-6-9-8(4-1)5-3-7-10-9/h8-9H,1-7H2. The molecule has 0 N–H and O–H groups in total. The van der Waals surface area contributed by atoms with Gasteiger partial charge in [-0.15, -0.1) is 0 Å². The van der Waals surface area contributed by atoms with E-state index in [1.807, 2.05) is 0 Å². The fraction of sp³-hybridized carbons (Fsp3) is 1.00. The molecule has 2 aliphatic rings. The van der Waals surface area contributed by atoms with Crippen molar-refractivity contribution >= 4 is 11.8 Å². The number of hydrogen-bond donors (Lipinski definition) is 0. The third-order valence-electron chi connectivity index (χ3n) is 2.89. The second-order valence-corrected chi connectivity index (χ2v) is 4.94. The molecule has 1 aliphatic carbocycles. The minimum atomic E-state index is 1.07. The average molecular weight is 156 g/mol. The fourth-order valence-corrected chi connectivity index (χ4v) is 3.82. The van der Waals surface area contributed by atoms with E-state index in [-0.39, 0.29) is 0 Å². The summed E-state index contributed by atoms with van der Waals surface area (Å²) < 4.78 is 0. The number of thioether (sulfide) groups is 1.